The summed E-state index contributed by atoms with van der Waals surface area (Å²) >= 11 is 3.20. The molecule has 0 spiro atoms. The molecule has 0 N–H and O–H groups in total. The van der Waals surface area contributed by atoms with Crippen molar-refractivity contribution in [2.45, 2.75) is 0 Å². The van der Waals surface area contributed by atoms with Crippen LogP contribution in [0.3, 0.4) is 0 Å². The molecule has 2 rings (SSSR count). The van der Waals surface area contributed by atoms with E-state index in [1.807, 2.05) is 0 Å². The predicted octanol–water partition coefficient (Wildman–Crippen LogP) is 1.75. The fraction of sp³-hybridized carbons (Fsp3) is 0. The molecule has 8 heteroatoms. The Morgan fingerprint density at radius 2 is 2.24 bits per heavy atom. The molecule has 0 saturated carbocycles. The highest BCUT2D eigenvalue weighted by atomic mass is 79.9. The van der Waals surface area contributed by atoms with Gasteiger partial charge in [0.05, 0.1) is 21.3 Å². The third-order valence-electron chi connectivity index (χ3n) is 2.02. The molecule has 0 unspecified atom stereocenters. The van der Waals surface area contributed by atoms with Crippen LogP contribution in [-0.2, 0) is 0 Å². The van der Waals surface area contributed by atoms with Gasteiger partial charge in [0, 0.05) is 12.1 Å². The van der Waals surface area contributed by atoms with Crippen molar-refractivity contribution in [2.24, 2.45) is 0 Å². The van der Waals surface area contributed by atoms with Crippen molar-refractivity contribution in [3.8, 4) is 5.69 Å². The topological polar surface area (TPSA) is 90.9 Å². The van der Waals surface area contributed by atoms with E-state index in [4.69, 9.17) is 0 Å². The summed E-state index contributed by atoms with van der Waals surface area (Å²) in [6.45, 7) is 0. The summed E-state index contributed by atoms with van der Waals surface area (Å²) in [4.78, 5) is 20.5. The number of non-ortho nitro benzene ring substituents is 1. The maximum Gasteiger partial charge on any atom is 0.270 e. The molecule has 2 aromatic rings. The zero-order valence-electron chi connectivity index (χ0n) is 8.28. The van der Waals surface area contributed by atoms with Crippen LogP contribution in [0.1, 0.15) is 10.5 Å². The van der Waals surface area contributed by atoms with Crippen molar-refractivity contribution in [1.29, 1.82) is 0 Å². The number of hydrogen-bond acceptors (Lipinski definition) is 5. The number of carbonyl (C=O) groups is 1. The van der Waals surface area contributed by atoms with Crippen molar-refractivity contribution >= 4 is 27.9 Å². The van der Waals surface area contributed by atoms with E-state index in [1.54, 1.807) is 0 Å². The number of hydrogen-bond donors (Lipinski definition) is 0. The normalized spacial score (nSPS) is 10.2. The zero-order valence-corrected chi connectivity index (χ0v) is 9.86. The first-order valence-corrected chi connectivity index (χ1v) is 5.23. The molecule has 1 aromatic heterocycles. The van der Waals surface area contributed by atoms with Crippen molar-refractivity contribution in [1.82, 2.24) is 15.0 Å². The maximum atomic E-state index is 10.6. The van der Waals surface area contributed by atoms with Crippen LogP contribution in [0.25, 0.3) is 5.69 Å². The average molecular weight is 297 g/mol. The Bertz CT molecular complexity index is 596. The second kappa shape index (κ2) is 4.42. The standard InChI is InChI=1S/C9H5BrN4O3/c10-8-3-7(14(16)17)1-2-9(8)13-4-6(5-15)11-12-13/h1-5H. The fourth-order valence-corrected chi connectivity index (χ4v) is 1.79. The van der Waals surface area contributed by atoms with Gasteiger partial charge in [0.25, 0.3) is 5.69 Å². The van der Waals surface area contributed by atoms with Gasteiger partial charge in [-0.05, 0) is 22.0 Å². The smallest absolute Gasteiger partial charge is 0.270 e. The number of carbonyl (C=O) groups excluding carboxylic acids is 1. The quantitative estimate of drug-likeness (QED) is 0.489. The summed E-state index contributed by atoms with van der Waals surface area (Å²) in [5.41, 5.74) is 0.725. The lowest BCUT2D eigenvalue weighted by atomic mass is 10.3. The molecule has 86 valence electrons. The molecule has 0 amide bonds. The average Bonchev–Trinajstić information content (AvgIpc) is 2.77. The molecule has 0 atom stereocenters. The van der Waals surface area contributed by atoms with Crippen LogP contribution in [0.5, 0.6) is 0 Å². The number of rotatable bonds is 3. The lowest BCUT2D eigenvalue weighted by molar-refractivity contribution is -0.384. The molecular formula is C9H5BrN4O3. The molecule has 0 aliphatic rings. The minimum absolute atomic E-state index is 0.0312. The fourth-order valence-electron chi connectivity index (χ4n) is 1.24. The molecule has 17 heavy (non-hydrogen) atoms. The first-order valence-electron chi connectivity index (χ1n) is 4.43. The Labute approximate surface area is 103 Å². The van der Waals surface area contributed by atoms with Gasteiger partial charge in [0.15, 0.2) is 6.29 Å². The number of aldehydes is 1. The number of benzene rings is 1. The van der Waals surface area contributed by atoms with Crippen LogP contribution in [0.15, 0.2) is 28.9 Å². The van der Waals surface area contributed by atoms with Crippen LogP contribution in [0.2, 0.25) is 0 Å². The number of nitrogens with zero attached hydrogens (tertiary/aromatic N) is 4. The van der Waals surface area contributed by atoms with Gasteiger partial charge in [-0.25, -0.2) is 4.68 Å². The summed E-state index contributed by atoms with van der Waals surface area (Å²) in [7, 11) is 0. The van der Waals surface area contributed by atoms with Crippen molar-refractivity contribution < 1.29 is 9.72 Å². The Morgan fingerprint density at radius 3 is 2.76 bits per heavy atom. The molecule has 0 fully saturated rings. The van der Waals surface area contributed by atoms with Crippen LogP contribution >= 0.6 is 15.9 Å². The lowest BCUT2D eigenvalue weighted by Crippen LogP contribution is -1.97. The number of aromatic nitrogens is 3. The van der Waals surface area contributed by atoms with Crippen molar-refractivity contribution in [2.75, 3.05) is 0 Å². The number of nitro benzene ring substituents is 1. The summed E-state index contributed by atoms with van der Waals surface area (Å²) in [6, 6.07) is 4.23. The van der Waals surface area contributed by atoms with Gasteiger partial charge in [0.1, 0.15) is 5.69 Å². The Morgan fingerprint density at radius 1 is 1.47 bits per heavy atom. The lowest BCUT2D eigenvalue weighted by Gasteiger charge is -2.02. The molecule has 1 aromatic carbocycles. The third-order valence-corrected chi connectivity index (χ3v) is 2.66. The molecule has 0 saturated heterocycles. The minimum atomic E-state index is -0.493. The first-order chi connectivity index (χ1) is 8.11. The van der Waals surface area contributed by atoms with E-state index in [0.717, 1.165) is 0 Å². The van der Waals surface area contributed by atoms with E-state index >= 15 is 0 Å². The highest BCUT2D eigenvalue weighted by Crippen LogP contribution is 2.25. The van der Waals surface area contributed by atoms with E-state index < -0.39 is 4.92 Å². The molecule has 0 radical (unpaired) electrons. The van der Waals surface area contributed by atoms with Gasteiger partial charge in [-0.1, -0.05) is 5.21 Å². The highest BCUT2D eigenvalue weighted by Gasteiger charge is 2.11. The number of nitro groups is 1. The summed E-state index contributed by atoms with van der Waals surface area (Å²) in [5, 5.41) is 17.9. The van der Waals surface area contributed by atoms with Gasteiger partial charge in [-0.3, -0.25) is 14.9 Å². The van der Waals surface area contributed by atoms with Gasteiger partial charge < -0.3 is 0 Å². The first kappa shape index (κ1) is 11.4. The Hall–Kier alpha value is -2.09. The van der Waals surface area contributed by atoms with E-state index in [1.165, 1.54) is 29.1 Å². The maximum absolute atomic E-state index is 10.6. The van der Waals surface area contributed by atoms with Gasteiger partial charge in [0.2, 0.25) is 0 Å². The molecule has 1 heterocycles. The SMILES string of the molecule is O=Cc1cn(-c2ccc([N+](=O)[O-])cc2Br)nn1. The minimum Gasteiger partial charge on any atom is -0.296 e. The molecule has 0 aliphatic carbocycles. The van der Waals surface area contributed by atoms with Crippen LogP contribution in [0.4, 0.5) is 5.69 Å². The summed E-state index contributed by atoms with van der Waals surface area (Å²) in [5.74, 6) is 0. The predicted molar refractivity (Wildman–Crippen MR) is 61.1 cm³/mol. The Balaban J connectivity index is 2.46. The van der Waals surface area contributed by atoms with E-state index in [-0.39, 0.29) is 11.4 Å². The van der Waals surface area contributed by atoms with Crippen LogP contribution < -0.4 is 0 Å². The number of halogens is 1. The van der Waals surface area contributed by atoms with Gasteiger partial charge >= 0.3 is 0 Å². The van der Waals surface area contributed by atoms with E-state index in [9.17, 15) is 14.9 Å². The van der Waals surface area contributed by atoms with Crippen LogP contribution in [0, 0.1) is 10.1 Å². The second-order valence-corrected chi connectivity index (χ2v) is 3.95. The van der Waals surface area contributed by atoms with Gasteiger partial charge in [-0.15, -0.1) is 5.10 Å². The van der Waals surface area contributed by atoms with Crippen LogP contribution in [-0.4, -0.2) is 26.2 Å². The molecule has 0 bridgehead atoms. The molecular weight excluding hydrogens is 292 g/mol. The van der Waals surface area contributed by atoms with Crippen molar-refractivity contribution in [3.63, 3.8) is 0 Å². The Kier molecular flexibility index (Phi) is 2.96. The van der Waals surface area contributed by atoms with Gasteiger partial charge in [-0.2, -0.15) is 0 Å². The largest absolute Gasteiger partial charge is 0.296 e. The molecule has 7 nitrogen and oxygen atoms in total. The third kappa shape index (κ3) is 2.21. The summed E-state index contributed by atoms with van der Waals surface area (Å²) < 4.78 is 1.85. The molecule has 0 aliphatic heterocycles. The monoisotopic (exact) mass is 296 g/mol. The zero-order chi connectivity index (χ0) is 12.4. The van der Waals surface area contributed by atoms with Crippen molar-refractivity contribution in [3.05, 3.63) is 44.7 Å². The second-order valence-electron chi connectivity index (χ2n) is 3.10. The van der Waals surface area contributed by atoms with E-state index in [0.29, 0.717) is 16.4 Å². The van der Waals surface area contributed by atoms with E-state index in [2.05, 4.69) is 26.2 Å². The highest BCUT2D eigenvalue weighted by molar-refractivity contribution is 9.10. The summed E-state index contributed by atoms with van der Waals surface area (Å²) in [6.07, 6.45) is 2.00.